The van der Waals surface area contributed by atoms with E-state index in [0.29, 0.717) is 0 Å². The molecule has 3 rings (SSSR count). The predicted molar refractivity (Wildman–Crippen MR) is 80.4 cm³/mol. The fraction of sp³-hybridized carbons (Fsp3) is 0.188. The van der Waals surface area contributed by atoms with E-state index in [4.69, 9.17) is 0 Å². The van der Waals surface area contributed by atoms with Crippen LogP contribution < -0.4 is 4.90 Å². The second-order valence-corrected chi connectivity index (χ2v) is 5.75. The molecule has 0 fully saturated rings. The van der Waals surface area contributed by atoms with E-state index >= 15 is 0 Å². The summed E-state index contributed by atoms with van der Waals surface area (Å²) in [4.78, 5) is 14.1. The number of amides is 1. The van der Waals surface area contributed by atoms with E-state index in [9.17, 15) is 4.79 Å². The third-order valence-electron chi connectivity index (χ3n) is 3.66. The Morgan fingerprint density at radius 2 is 1.79 bits per heavy atom. The molecule has 1 unspecified atom stereocenters. The van der Waals surface area contributed by atoms with Crippen molar-refractivity contribution in [3.63, 3.8) is 0 Å². The normalized spacial score (nSPS) is 17.7. The molecule has 0 aliphatic carbocycles. The number of para-hydroxylation sites is 1. The second-order valence-electron chi connectivity index (χ2n) is 4.84. The van der Waals surface area contributed by atoms with Gasteiger partial charge >= 0.3 is 0 Å². The van der Waals surface area contributed by atoms with Gasteiger partial charge in [-0.2, -0.15) is 0 Å². The van der Waals surface area contributed by atoms with Crippen molar-refractivity contribution in [1.29, 1.82) is 0 Å². The Hall–Kier alpha value is -1.61. The SMILES string of the molecule is CN1C(=O)C(Cc2ccc(Br)cc2)c2ccccc21. The molecule has 19 heavy (non-hydrogen) atoms. The minimum Gasteiger partial charge on any atom is -0.315 e. The van der Waals surface area contributed by atoms with Gasteiger partial charge in [-0.1, -0.05) is 46.3 Å². The summed E-state index contributed by atoms with van der Waals surface area (Å²) in [5.41, 5.74) is 3.36. The van der Waals surface area contributed by atoms with Crippen LogP contribution in [0.2, 0.25) is 0 Å². The minimum absolute atomic E-state index is 0.0534. The fourth-order valence-electron chi connectivity index (χ4n) is 2.63. The largest absolute Gasteiger partial charge is 0.315 e. The Morgan fingerprint density at radius 3 is 2.53 bits per heavy atom. The van der Waals surface area contributed by atoms with Crippen LogP contribution in [0.5, 0.6) is 0 Å². The van der Waals surface area contributed by atoms with Crippen LogP contribution in [0.4, 0.5) is 5.69 Å². The summed E-state index contributed by atoms with van der Waals surface area (Å²) in [6.07, 6.45) is 0.757. The van der Waals surface area contributed by atoms with E-state index in [1.807, 2.05) is 37.4 Å². The number of fused-ring (bicyclic) bond motifs is 1. The van der Waals surface area contributed by atoms with Gasteiger partial charge in [0, 0.05) is 17.2 Å². The Kier molecular flexibility index (Phi) is 3.15. The number of halogens is 1. The number of nitrogens with zero attached hydrogens (tertiary/aromatic N) is 1. The molecule has 0 aromatic heterocycles. The molecule has 1 heterocycles. The van der Waals surface area contributed by atoms with Gasteiger partial charge in [0.2, 0.25) is 5.91 Å². The first-order chi connectivity index (χ1) is 9.16. The second kappa shape index (κ2) is 4.82. The van der Waals surface area contributed by atoms with Gasteiger partial charge in [-0.15, -0.1) is 0 Å². The molecule has 1 amide bonds. The molecule has 0 bridgehead atoms. The zero-order chi connectivity index (χ0) is 13.4. The Balaban J connectivity index is 1.93. The Morgan fingerprint density at radius 1 is 1.11 bits per heavy atom. The average molecular weight is 316 g/mol. The van der Waals surface area contributed by atoms with Crippen molar-refractivity contribution >= 4 is 27.5 Å². The van der Waals surface area contributed by atoms with Crippen LogP contribution in [0.25, 0.3) is 0 Å². The van der Waals surface area contributed by atoms with E-state index in [0.717, 1.165) is 22.1 Å². The zero-order valence-electron chi connectivity index (χ0n) is 10.6. The molecule has 96 valence electrons. The summed E-state index contributed by atoms with van der Waals surface area (Å²) >= 11 is 3.43. The summed E-state index contributed by atoms with van der Waals surface area (Å²) in [5, 5.41) is 0. The molecule has 3 heteroatoms. The van der Waals surface area contributed by atoms with Crippen molar-refractivity contribution < 1.29 is 4.79 Å². The molecule has 0 saturated carbocycles. The van der Waals surface area contributed by atoms with Gasteiger partial charge in [0.1, 0.15) is 0 Å². The first-order valence-electron chi connectivity index (χ1n) is 6.28. The van der Waals surface area contributed by atoms with E-state index in [1.165, 1.54) is 5.56 Å². The monoisotopic (exact) mass is 315 g/mol. The maximum Gasteiger partial charge on any atom is 0.234 e. The molecule has 1 aliphatic heterocycles. The molecular weight excluding hydrogens is 302 g/mol. The molecule has 1 atom stereocenters. The first-order valence-corrected chi connectivity index (χ1v) is 7.07. The number of carbonyl (C=O) groups excluding carboxylic acids is 1. The van der Waals surface area contributed by atoms with Gasteiger partial charge in [-0.3, -0.25) is 4.79 Å². The standard InChI is InChI=1S/C16H14BrNO/c1-18-15-5-3-2-4-13(15)14(16(18)19)10-11-6-8-12(17)9-7-11/h2-9,14H,10H2,1H3. The van der Waals surface area contributed by atoms with Gasteiger partial charge in [0.25, 0.3) is 0 Å². The number of rotatable bonds is 2. The lowest BCUT2D eigenvalue weighted by atomic mass is 9.93. The minimum atomic E-state index is -0.0534. The number of likely N-dealkylation sites (N-methyl/N-ethyl adjacent to an activating group) is 1. The van der Waals surface area contributed by atoms with Gasteiger partial charge in [0.15, 0.2) is 0 Å². The summed E-state index contributed by atoms with van der Waals surface area (Å²) in [7, 11) is 1.85. The van der Waals surface area contributed by atoms with Crippen LogP contribution in [0.1, 0.15) is 17.0 Å². The molecule has 0 spiro atoms. The topological polar surface area (TPSA) is 20.3 Å². The van der Waals surface area contributed by atoms with E-state index in [2.05, 4.69) is 34.1 Å². The molecule has 0 saturated heterocycles. The lowest BCUT2D eigenvalue weighted by molar-refractivity contribution is -0.119. The predicted octanol–water partition coefficient (Wildman–Crippen LogP) is 3.75. The smallest absolute Gasteiger partial charge is 0.234 e. The van der Waals surface area contributed by atoms with Crippen molar-refractivity contribution in [2.45, 2.75) is 12.3 Å². The van der Waals surface area contributed by atoms with Crippen LogP contribution in [0.15, 0.2) is 53.0 Å². The van der Waals surface area contributed by atoms with Crippen LogP contribution in [0.3, 0.4) is 0 Å². The Bertz CT molecular complexity index is 621. The van der Waals surface area contributed by atoms with Gasteiger partial charge in [-0.05, 0) is 35.7 Å². The number of carbonyl (C=O) groups is 1. The molecular formula is C16H14BrNO. The molecule has 2 nitrogen and oxygen atoms in total. The van der Waals surface area contributed by atoms with Crippen molar-refractivity contribution in [3.05, 3.63) is 64.1 Å². The molecule has 0 N–H and O–H groups in total. The van der Waals surface area contributed by atoms with Crippen molar-refractivity contribution in [1.82, 2.24) is 0 Å². The molecule has 0 radical (unpaired) electrons. The van der Waals surface area contributed by atoms with Crippen LogP contribution in [-0.4, -0.2) is 13.0 Å². The molecule has 2 aromatic carbocycles. The van der Waals surface area contributed by atoms with E-state index in [-0.39, 0.29) is 11.8 Å². The van der Waals surface area contributed by atoms with E-state index in [1.54, 1.807) is 4.90 Å². The summed E-state index contributed by atoms with van der Waals surface area (Å²) in [6.45, 7) is 0. The first kappa shape index (κ1) is 12.4. The highest BCUT2D eigenvalue weighted by Crippen LogP contribution is 2.37. The third-order valence-corrected chi connectivity index (χ3v) is 4.18. The van der Waals surface area contributed by atoms with Gasteiger partial charge < -0.3 is 4.90 Å². The highest BCUT2D eigenvalue weighted by molar-refractivity contribution is 9.10. The van der Waals surface area contributed by atoms with Crippen LogP contribution in [-0.2, 0) is 11.2 Å². The number of hydrogen-bond acceptors (Lipinski definition) is 1. The quantitative estimate of drug-likeness (QED) is 0.826. The van der Waals surface area contributed by atoms with Gasteiger partial charge in [-0.25, -0.2) is 0 Å². The van der Waals surface area contributed by atoms with Crippen molar-refractivity contribution in [3.8, 4) is 0 Å². The number of benzene rings is 2. The fourth-order valence-corrected chi connectivity index (χ4v) is 2.89. The zero-order valence-corrected chi connectivity index (χ0v) is 12.2. The van der Waals surface area contributed by atoms with Crippen LogP contribution >= 0.6 is 15.9 Å². The third kappa shape index (κ3) is 2.19. The maximum absolute atomic E-state index is 12.4. The highest BCUT2D eigenvalue weighted by atomic mass is 79.9. The summed E-state index contributed by atoms with van der Waals surface area (Å²) in [5.74, 6) is 0.131. The van der Waals surface area contributed by atoms with E-state index < -0.39 is 0 Å². The molecule has 1 aliphatic rings. The summed E-state index contributed by atoms with van der Waals surface area (Å²) in [6, 6.07) is 16.2. The van der Waals surface area contributed by atoms with Gasteiger partial charge in [0.05, 0.1) is 5.92 Å². The summed E-state index contributed by atoms with van der Waals surface area (Å²) < 4.78 is 1.06. The Labute approximate surface area is 121 Å². The van der Waals surface area contributed by atoms with Crippen molar-refractivity contribution in [2.75, 3.05) is 11.9 Å². The number of hydrogen-bond donors (Lipinski definition) is 0. The lowest BCUT2D eigenvalue weighted by Crippen LogP contribution is -2.24. The van der Waals surface area contributed by atoms with Crippen LogP contribution in [0, 0.1) is 0 Å². The average Bonchev–Trinajstić information content (AvgIpc) is 2.67. The maximum atomic E-state index is 12.4. The molecule has 2 aromatic rings. The number of anilines is 1. The lowest BCUT2D eigenvalue weighted by Gasteiger charge is -2.11. The van der Waals surface area contributed by atoms with Crippen molar-refractivity contribution in [2.24, 2.45) is 0 Å². The highest BCUT2D eigenvalue weighted by Gasteiger charge is 2.34.